The third kappa shape index (κ3) is 2.11. The Kier molecular flexibility index (Phi) is 3.23. The van der Waals surface area contributed by atoms with E-state index in [2.05, 4.69) is 4.98 Å². The number of nitrogens with zero attached hydrogens (tertiary/aromatic N) is 3. The van der Waals surface area contributed by atoms with Crippen LogP contribution in [0.3, 0.4) is 0 Å². The van der Waals surface area contributed by atoms with E-state index >= 15 is 0 Å². The van der Waals surface area contributed by atoms with Gasteiger partial charge in [0.15, 0.2) is 0 Å². The number of benzene rings is 2. The number of imide groups is 1. The molecule has 0 N–H and O–H groups in total. The molecule has 0 saturated carbocycles. The van der Waals surface area contributed by atoms with Crippen molar-refractivity contribution in [3.05, 3.63) is 76.3 Å². The number of amides is 2. The van der Waals surface area contributed by atoms with Gasteiger partial charge in [0.2, 0.25) is 0 Å². The van der Waals surface area contributed by atoms with Crippen molar-refractivity contribution in [1.29, 1.82) is 0 Å². The summed E-state index contributed by atoms with van der Waals surface area (Å²) in [5.74, 6) is -0.644. The van der Waals surface area contributed by atoms with Gasteiger partial charge in [-0.2, -0.15) is 0 Å². The second kappa shape index (κ2) is 5.42. The molecule has 0 radical (unpaired) electrons. The highest BCUT2D eigenvalue weighted by Crippen LogP contribution is 2.22. The summed E-state index contributed by atoms with van der Waals surface area (Å²) in [5, 5.41) is 0.516. The standard InChI is InChI=1S/C18H13N3O3/c22-16-14-7-3-4-8-15(14)19-11-20(16)9-10-21-17(23)12-5-1-2-6-13(12)18(21)24/h1-8,11H,9-10H2. The van der Waals surface area contributed by atoms with Crippen LogP contribution in [-0.2, 0) is 6.54 Å². The Bertz CT molecular complexity index is 1000. The summed E-state index contributed by atoms with van der Waals surface area (Å²) in [4.78, 5) is 42.5. The predicted octanol–water partition coefficient (Wildman–Crippen LogP) is 1.69. The van der Waals surface area contributed by atoms with Crippen LogP contribution in [0, 0.1) is 0 Å². The first-order chi connectivity index (χ1) is 11.7. The molecule has 2 heterocycles. The van der Waals surface area contributed by atoms with Crippen molar-refractivity contribution in [3.63, 3.8) is 0 Å². The number of carbonyl (C=O) groups is 2. The Morgan fingerprint density at radius 3 is 2.12 bits per heavy atom. The topological polar surface area (TPSA) is 72.3 Å². The SMILES string of the molecule is O=C1c2ccccc2C(=O)N1CCn1cnc2ccccc2c1=O. The summed E-state index contributed by atoms with van der Waals surface area (Å²) >= 11 is 0. The van der Waals surface area contributed by atoms with Gasteiger partial charge in [0.25, 0.3) is 17.4 Å². The zero-order chi connectivity index (χ0) is 16.7. The van der Waals surface area contributed by atoms with Gasteiger partial charge in [-0.1, -0.05) is 24.3 Å². The molecule has 1 aliphatic heterocycles. The molecule has 1 aliphatic rings. The van der Waals surface area contributed by atoms with Gasteiger partial charge in [-0.05, 0) is 24.3 Å². The lowest BCUT2D eigenvalue weighted by atomic mass is 10.1. The number of hydrogen-bond donors (Lipinski definition) is 0. The fourth-order valence-electron chi connectivity index (χ4n) is 2.92. The van der Waals surface area contributed by atoms with Gasteiger partial charge in [-0.25, -0.2) is 4.98 Å². The van der Waals surface area contributed by atoms with Gasteiger partial charge in [0.1, 0.15) is 0 Å². The molecule has 0 saturated heterocycles. The van der Waals surface area contributed by atoms with Crippen LogP contribution in [-0.4, -0.2) is 32.8 Å². The van der Waals surface area contributed by atoms with Gasteiger partial charge in [-0.15, -0.1) is 0 Å². The summed E-state index contributed by atoms with van der Waals surface area (Å²) in [5.41, 5.74) is 1.26. The fourth-order valence-corrected chi connectivity index (χ4v) is 2.92. The van der Waals surface area contributed by atoms with E-state index in [0.717, 1.165) is 0 Å². The number of fused-ring (bicyclic) bond motifs is 2. The minimum Gasteiger partial charge on any atom is -0.297 e. The van der Waals surface area contributed by atoms with Gasteiger partial charge < -0.3 is 0 Å². The molecule has 2 amide bonds. The Balaban J connectivity index is 1.61. The van der Waals surface area contributed by atoms with E-state index in [1.165, 1.54) is 15.8 Å². The van der Waals surface area contributed by atoms with Gasteiger partial charge >= 0.3 is 0 Å². The fraction of sp³-hybridized carbons (Fsp3) is 0.111. The molecule has 1 aromatic heterocycles. The molecule has 2 aromatic carbocycles. The molecule has 3 aromatic rings. The van der Waals surface area contributed by atoms with E-state index in [-0.39, 0.29) is 30.5 Å². The highest BCUT2D eigenvalue weighted by atomic mass is 16.2. The predicted molar refractivity (Wildman–Crippen MR) is 87.8 cm³/mol. The molecular weight excluding hydrogens is 306 g/mol. The van der Waals surface area contributed by atoms with E-state index in [0.29, 0.717) is 22.0 Å². The van der Waals surface area contributed by atoms with Crippen molar-refractivity contribution in [1.82, 2.24) is 14.5 Å². The lowest BCUT2D eigenvalue weighted by Gasteiger charge is -2.14. The van der Waals surface area contributed by atoms with Crippen LogP contribution < -0.4 is 5.56 Å². The van der Waals surface area contributed by atoms with E-state index < -0.39 is 0 Å². The molecule has 0 fully saturated rings. The molecule has 6 nitrogen and oxygen atoms in total. The van der Waals surface area contributed by atoms with Crippen LogP contribution in [0.1, 0.15) is 20.7 Å². The van der Waals surface area contributed by atoms with E-state index in [1.807, 2.05) is 6.07 Å². The van der Waals surface area contributed by atoms with E-state index in [1.54, 1.807) is 42.5 Å². The molecule has 0 unspecified atom stereocenters. The first kappa shape index (κ1) is 14.3. The minimum atomic E-state index is -0.322. The summed E-state index contributed by atoms with van der Waals surface area (Å²) in [6.07, 6.45) is 1.45. The van der Waals surface area contributed by atoms with Crippen molar-refractivity contribution >= 4 is 22.7 Å². The highest BCUT2D eigenvalue weighted by molar-refractivity contribution is 6.21. The first-order valence-corrected chi connectivity index (χ1v) is 7.56. The van der Waals surface area contributed by atoms with Crippen molar-refractivity contribution in [2.75, 3.05) is 6.54 Å². The zero-order valence-corrected chi connectivity index (χ0v) is 12.7. The average Bonchev–Trinajstić information content (AvgIpc) is 2.86. The lowest BCUT2D eigenvalue weighted by Crippen LogP contribution is -2.35. The van der Waals surface area contributed by atoms with Crippen LogP contribution in [0.5, 0.6) is 0 Å². The largest absolute Gasteiger partial charge is 0.297 e. The van der Waals surface area contributed by atoms with Crippen molar-refractivity contribution < 1.29 is 9.59 Å². The molecule has 6 heteroatoms. The number of carbonyl (C=O) groups excluding carboxylic acids is 2. The van der Waals surface area contributed by atoms with Crippen molar-refractivity contribution in [3.8, 4) is 0 Å². The Labute approximate surface area is 137 Å². The smallest absolute Gasteiger partial charge is 0.261 e. The van der Waals surface area contributed by atoms with Crippen LogP contribution in [0.25, 0.3) is 10.9 Å². The van der Waals surface area contributed by atoms with Gasteiger partial charge in [-0.3, -0.25) is 23.9 Å². The molecule has 0 spiro atoms. The molecule has 4 rings (SSSR count). The summed E-state index contributed by atoms with van der Waals surface area (Å²) < 4.78 is 1.42. The van der Waals surface area contributed by atoms with Crippen molar-refractivity contribution in [2.45, 2.75) is 6.54 Å². The second-order valence-electron chi connectivity index (χ2n) is 5.57. The third-order valence-electron chi connectivity index (χ3n) is 4.17. The van der Waals surface area contributed by atoms with Crippen LogP contribution in [0.15, 0.2) is 59.7 Å². The molecule has 0 bridgehead atoms. The summed E-state index contributed by atoms with van der Waals surface area (Å²) in [7, 11) is 0. The molecule has 0 aliphatic carbocycles. The number of aromatic nitrogens is 2. The van der Waals surface area contributed by atoms with Crippen LogP contribution in [0.2, 0.25) is 0 Å². The average molecular weight is 319 g/mol. The number of rotatable bonds is 3. The molecule has 24 heavy (non-hydrogen) atoms. The van der Waals surface area contributed by atoms with Gasteiger partial charge in [0.05, 0.1) is 28.4 Å². The summed E-state index contributed by atoms with van der Waals surface area (Å²) in [6.45, 7) is 0.342. The zero-order valence-electron chi connectivity index (χ0n) is 12.7. The lowest BCUT2D eigenvalue weighted by molar-refractivity contribution is 0.0648. The Morgan fingerprint density at radius 2 is 1.42 bits per heavy atom. The highest BCUT2D eigenvalue weighted by Gasteiger charge is 2.34. The van der Waals surface area contributed by atoms with Crippen molar-refractivity contribution in [2.24, 2.45) is 0 Å². The monoisotopic (exact) mass is 319 g/mol. The normalized spacial score (nSPS) is 13.6. The van der Waals surface area contributed by atoms with E-state index in [4.69, 9.17) is 0 Å². The third-order valence-corrected chi connectivity index (χ3v) is 4.17. The van der Waals surface area contributed by atoms with Crippen LogP contribution >= 0.6 is 0 Å². The van der Waals surface area contributed by atoms with E-state index in [9.17, 15) is 14.4 Å². The maximum Gasteiger partial charge on any atom is 0.261 e. The molecular formula is C18H13N3O3. The molecule has 118 valence electrons. The summed E-state index contributed by atoms with van der Waals surface area (Å²) in [6, 6.07) is 13.8. The maximum absolute atomic E-state index is 12.4. The number of para-hydroxylation sites is 1. The van der Waals surface area contributed by atoms with Crippen LogP contribution in [0.4, 0.5) is 0 Å². The second-order valence-corrected chi connectivity index (χ2v) is 5.57. The number of hydrogen-bond acceptors (Lipinski definition) is 4. The Hall–Kier alpha value is -3.28. The minimum absolute atomic E-state index is 0.131. The molecule has 0 atom stereocenters. The first-order valence-electron chi connectivity index (χ1n) is 7.56. The Morgan fingerprint density at radius 1 is 0.792 bits per heavy atom. The maximum atomic E-state index is 12.4. The quantitative estimate of drug-likeness (QED) is 0.689. The van der Waals surface area contributed by atoms with Gasteiger partial charge in [0, 0.05) is 13.1 Å².